The van der Waals surface area contributed by atoms with Crippen molar-refractivity contribution in [3.8, 4) is 0 Å². The molecule has 0 aromatic carbocycles. The van der Waals surface area contributed by atoms with Gasteiger partial charge in [-0.3, -0.25) is 15.1 Å². The van der Waals surface area contributed by atoms with Crippen LogP contribution in [0.15, 0.2) is 18.3 Å². The summed E-state index contributed by atoms with van der Waals surface area (Å²) < 4.78 is 0. The Morgan fingerprint density at radius 2 is 2.28 bits per heavy atom. The molecule has 0 spiro atoms. The van der Waals surface area contributed by atoms with Crippen LogP contribution in [-0.4, -0.2) is 39.4 Å². The summed E-state index contributed by atoms with van der Waals surface area (Å²) >= 11 is 0. The van der Waals surface area contributed by atoms with Crippen molar-refractivity contribution in [2.24, 2.45) is 0 Å². The molecule has 0 atom stereocenters. The maximum Gasteiger partial charge on any atom is 0.335 e. The molecular weight excluding hydrogens is 238 g/mol. The van der Waals surface area contributed by atoms with Crippen LogP contribution in [0.5, 0.6) is 0 Å². The lowest BCUT2D eigenvalue weighted by Crippen LogP contribution is -2.48. The van der Waals surface area contributed by atoms with Crippen LogP contribution in [0.1, 0.15) is 22.5 Å². The average molecular weight is 249 g/mol. The summed E-state index contributed by atoms with van der Waals surface area (Å²) in [4.78, 5) is 38.6. The number of nitrogens with zero attached hydrogens (tertiary/aromatic N) is 2. The second-order valence-electron chi connectivity index (χ2n) is 3.87. The number of aromatic carboxylic acids is 1. The molecule has 0 unspecified atom stereocenters. The summed E-state index contributed by atoms with van der Waals surface area (Å²) in [6, 6.07) is 2.31. The second-order valence-corrected chi connectivity index (χ2v) is 3.87. The Balaban J connectivity index is 2.09. The Kier molecular flexibility index (Phi) is 3.22. The van der Waals surface area contributed by atoms with E-state index in [0.717, 1.165) is 0 Å². The lowest BCUT2D eigenvalue weighted by atomic mass is 10.2. The van der Waals surface area contributed by atoms with Gasteiger partial charge in [-0.2, -0.15) is 0 Å². The van der Waals surface area contributed by atoms with Crippen LogP contribution < -0.4 is 5.32 Å². The SMILES string of the molecule is O=C1CCN(Cc2cc(C(=O)O)ccn2)C(=O)N1. The third kappa shape index (κ3) is 2.62. The van der Waals surface area contributed by atoms with Crippen LogP contribution in [0, 0.1) is 0 Å². The molecule has 3 amide bonds. The molecule has 1 aliphatic heterocycles. The van der Waals surface area contributed by atoms with E-state index in [0.29, 0.717) is 12.2 Å². The van der Waals surface area contributed by atoms with Crippen molar-refractivity contribution >= 4 is 17.9 Å². The first-order valence-corrected chi connectivity index (χ1v) is 5.33. The van der Waals surface area contributed by atoms with Gasteiger partial charge in [0.1, 0.15) is 0 Å². The van der Waals surface area contributed by atoms with Crippen molar-refractivity contribution in [2.45, 2.75) is 13.0 Å². The third-order valence-corrected chi connectivity index (χ3v) is 2.56. The molecular formula is C11H11N3O4. The zero-order chi connectivity index (χ0) is 13.1. The second kappa shape index (κ2) is 4.82. The monoisotopic (exact) mass is 249 g/mol. The Bertz CT molecular complexity index is 515. The molecule has 0 aliphatic carbocycles. The van der Waals surface area contributed by atoms with Gasteiger partial charge in [-0.05, 0) is 12.1 Å². The summed E-state index contributed by atoms with van der Waals surface area (Å²) in [6.07, 6.45) is 1.62. The van der Waals surface area contributed by atoms with Gasteiger partial charge in [0.25, 0.3) is 0 Å². The van der Waals surface area contributed by atoms with Gasteiger partial charge >= 0.3 is 12.0 Å². The molecule has 7 heteroatoms. The largest absolute Gasteiger partial charge is 0.478 e. The van der Waals surface area contributed by atoms with Gasteiger partial charge in [0.2, 0.25) is 5.91 Å². The molecule has 94 valence electrons. The minimum atomic E-state index is -1.04. The number of rotatable bonds is 3. The number of carboxylic acid groups (broad SMARTS) is 1. The van der Waals surface area contributed by atoms with E-state index in [9.17, 15) is 14.4 Å². The molecule has 0 bridgehead atoms. The van der Waals surface area contributed by atoms with Gasteiger partial charge in [0, 0.05) is 19.2 Å². The van der Waals surface area contributed by atoms with Gasteiger partial charge in [0.05, 0.1) is 17.8 Å². The number of carbonyl (C=O) groups is 3. The zero-order valence-corrected chi connectivity index (χ0v) is 9.42. The number of amides is 3. The highest BCUT2D eigenvalue weighted by atomic mass is 16.4. The summed E-state index contributed by atoms with van der Waals surface area (Å²) in [7, 11) is 0. The quantitative estimate of drug-likeness (QED) is 0.798. The summed E-state index contributed by atoms with van der Waals surface area (Å²) in [5, 5.41) is 11.0. The minimum absolute atomic E-state index is 0.119. The number of nitrogens with one attached hydrogen (secondary N) is 1. The molecule has 1 saturated heterocycles. The highest BCUT2D eigenvalue weighted by molar-refractivity contribution is 5.96. The standard InChI is InChI=1S/C11H11N3O4/c15-9-2-4-14(11(18)13-9)6-8-5-7(10(16)17)1-3-12-8/h1,3,5H,2,4,6H2,(H,16,17)(H,13,15,18). The Labute approximate surface area is 102 Å². The van der Waals surface area contributed by atoms with E-state index in [2.05, 4.69) is 10.3 Å². The Morgan fingerprint density at radius 3 is 2.94 bits per heavy atom. The number of imide groups is 1. The number of carboxylic acids is 1. The molecule has 2 heterocycles. The number of urea groups is 1. The minimum Gasteiger partial charge on any atom is -0.478 e. The van der Waals surface area contributed by atoms with E-state index in [4.69, 9.17) is 5.11 Å². The highest BCUT2D eigenvalue weighted by Gasteiger charge is 2.23. The van der Waals surface area contributed by atoms with E-state index in [1.807, 2.05) is 0 Å². The fourth-order valence-corrected chi connectivity index (χ4v) is 1.64. The highest BCUT2D eigenvalue weighted by Crippen LogP contribution is 2.08. The van der Waals surface area contributed by atoms with Crippen LogP contribution >= 0.6 is 0 Å². The average Bonchev–Trinajstić information content (AvgIpc) is 2.33. The van der Waals surface area contributed by atoms with Crippen molar-refractivity contribution in [1.82, 2.24) is 15.2 Å². The van der Waals surface area contributed by atoms with Crippen LogP contribution in [0.2, 0.25) is 0 Å². The van der Waals surface area contributed by atoms with Crippen molar-refractivity contribution in [1.29, 1.82) is 0 Å². The predicted molar refractivity (Wildman–Crippen MR) is 59.8 cm³/mol. The molecule has 1 aromatic heterocycles. The molecule has 0 radical (unpaired) electrons. The molecule has 7 nitrogen and oxygen atoms in total. The van der Waals surface area contributed by atoms with E-state index in [1.54, 1.807) is 0 Å². The lowest BCUT2D eigenvalue weighted by Gasteiger charge is -2.26. The maximum atomic E-state index is 11.5. The van der Waals surface area contributed by atoms with E-state index >= 15 is 0 Å². The molecule has 1 fully saturated rings. The van der Waals surface area contributed by atoms with E-state index < -0.39 is 12.0 Å². The molecule has 18 heavy (non-hydrogen) atoms. The van der Waals surface area contributed by atoms with Gasteiger partial charge in [0.15, 0.2) is 0 Å². The fraction of sp³-hybridized carbons (Fsp3) is 0.273. The van der Waals surface area contributed by atoms with Crippen LogP contribution in [0.25, 0.3) is 0 Å². The number of hydrogen-bond donors (Lipinski definition) is 2. The van der Waals surface area contributed by atoms with Crippen LogP contribution in [0.3, 0.4) is 0 Å². The number of hydrogen-bond acceptors (Lipinski definition) is 4. The Morgan fingerprint density at radius 1 is 1.50 bits per heavy atom. The van der Waals surface area contributed by atoms with Crippen molar-refractivity contribution in [2.75, 3.05) is 6.54 Å². The zero-order valence-electron chi connectivity index (χ0n) is 9.42. The maximum absolute atomic E-state index is 11.5. The first-order chi connectivity index (χ1) is 8.56. The van der Waals surface area contributed by atoms with Gasteiger partial charge in [-0.25, -0.2) is 9.59 Å². The van der Waals surface area contributed by atoms with Gasteiger partial charge < -0.3 is 10.0 Å². The predicted octanol–water partition coefficient (Wildman–Crippen LogP) is 0.222. The smallest absolute Gasteiger partial charge is 0.335 e. The summed E-state index contributed by atoms with van der Waals surface area (Å²) in [6.45, 7) is 0.490. The lowest BCUT2D eigenvalue weighted by molar-refractivity contribution is -0.121. The fourth-order valence-electron chi connectivity index (χ4n) is 1.64. The number of pyridine rings is 1. The van der Waals surface area contributed by atoms with Crippen molar-refractivity contribution in [3.05, 3.63) is 29.6 Å². The molecule has 0 saturated carbocycles. The van der Waals surface area contributed by atoms with Crippen LogP contribution in [0.4, 0.5) is 4.79 Å². The van der Waals surface area contributed by atoms with Crippen molar-refractivity contribution < 1.29 is 19.5 Å². The van der Waals surface area contributed by atoms with Crippen LogP contribution in [-0.2, 0) is 11.3 Å². The van der Waals surface area contributed by atoms with Crippen molar-refractivity contribution in [3.63, 3.8) is 0 Å². The molecule has 1 aromatic rings. The van der Waals surface area contributed by atoms with E-state index in [-0.39, 0.29) is 24.4 Å². The van der Waals surface area contributed by atoms with Gasteiger partial charge in [-0.15, -0.1) is 0 Å². The normalized spacial score (nSPS) is 15.4. The topological polar surface area (TPSA) is 99.6 Å². The van der Waals surface area contributed by atoms with E-state index in [1.165, 1.54) is 23.2 Å². The number of aromatic nitrogens is 1. The summed E-state index contributed by atoms with van der Waals surface area (Å²) in [5.74, 6) is -1.35. The first kappa shape index (κ1) is 12.0. The number of carbonyl (C=O) groups excluding carboxylic acids is 2. The molecule has 2 rings (SSSR count). The molecule has 1 aliphatic rings. The third-order valence-electron chi connectivity index (χ3n) is 2.56. The Hall–Kier alpha value is -2.44. The summed E-state index contributed by atoms with van der Waals surface area (Å²) in [5.41, 5.74) is 0.591. The first-order valence-electron chi connectivity index (χ1n) is 5.33. The van der Waals surface area contributed by atoms with Gasteiger partial charge in [-0.1, -0.05) is 0 Å². The molecule has 2 N–H and O–H groups in total.